The summed E-state index contributed by atoms with van der Waals surface area (Å²) in [5.41, 5.74) is 10.5. The van der Waals surface area contributed by atoms with E-state index < -0.39 is 18.1 Å². The van der Waals surface area contributed by atoms with Gasteiger partial charge in [0.05, 0.1) is 12.3 Å². The minimum absolute atomic E-state index is 0.143. The van der Waals surface area contributed by atoms with Crippen LogP contribution >= 0.6 is 0 Å². The monoisotopic (exact) mass is 438 g/mol. The Morgan fingerprint density at radius 2 is 1.88 bits per heavy atom. The first-order valence-corrected chi connectivity index (χ1v) is 10.8. The van der Waals surface area contributed by atoms with Gasteiger partial charge in [-0.1, -0.05) is 37.3 Å². The average molecular weight is 439 g/mol. The number of likely N-dealkylation sites (N-methyl/N-ethyl adjacent to an activating group) is 1. The van der Waals surface area contributed by atoms with Gasteiger partial charge in [-0.3, -0.25) is 10.3 Å². The minimum atomic E-state index is -0.876. The van der Waals surface area contributed by atoms with Gasteiger partial charge in [-0.15, -0.1) is 0 Å². The van der Waals surface area contributed by atoms with Gasteiger partial charge >= 0.3 is 0 Å². The summed E-state index contributed by atoms with van der Waals surface area (Å²) in [7, 11) is 0. The van der Waals surface area contributed by atoms with Crippen molar-refractivity contribution in [1.29, 1.82) is 0 Å². The van der Waals surface area contributed by atoms with Gasteiger partial charge in [-0.05, 0) is 58.1 Å². The normalized spacial score (nSPS) is 13.2. The topological polar surface area (TPSA) is 103 Å². The average Bonchev–Trinajstić information content (AvgIpc) is 2.82. The van der Waals surface area contributed by atoms with E-state index in [1.807, 2.05) is 49.4 Å². The zero-order chi connectivity index (χ0) is 22.9. The summed E-state index contributed by atoms with van der Waals surface area (Å²) in [5, 5.41) is 27.5. The van der Waals surface area contributed by atoms with Gasteiger partial charge in [0, 0.05) is 32.3 Å². The van der Waals surface area contributed by atoms with Gasteiger partial charge in [-0.25, -0.2) is 4.39 Å². The molecule has 1 aromatic heterocycles. The largest absolute Gasteiger partial charge is 0.388 e. The smallest absolute Gasteiger partial charge is 0.144 e. The van der Waals surface area contributed by atoms with E-state index in [2.05, 4.69) is 15.6 Å². The second kappa shape index (κ2) is 11.8. The highest BCUT2D eigenvalue weighted by Gasteiger charge is 2.15. The molecule has 0 amide bonds. The summed E-state index contributed by atoms with van der Waals surface area (Å²) < 4.78 is 14.0. The van der Waals surface area contributed by atoms with Crippen LogP contribution in [0, 0.1) is 5.82 Å². The summed E-state index contributed by atoms with van der Waals surface area (Å²) in [5.74, 6) is -0.436. The van der Waals surface area contributed by atoms with Crippen molar-refractivity contribution in [3.63, 3.8) is 0 Å². The molecule has 0 fully saturated rings. The molecule has 0 aliphatic rings. The molecule has 170 valence electrons. The van der Waals surface area contributed by atoms with Crippen molar-refractivity contribution < 1.29 is 14.6 Å². The van der Waals surface area contributed by atoms with Crippen LogP contribution in [0.15, 0.2) is 60.9 Å². The molecule has 1 heterocycles. The zero-order valence-electron chi connectivity index (χ0n) is 18.3. The molecular weight excluding hydrogens is 407 g/mol. The Hall–Kier alpha value is -2.68. The van der Waals surface area contributed by atoms with Crippen LogP contribution in [0.2, 0.25) is 0 Å². The third-order valence-electron chi connectivity index (χ3n) is 5.41. The highest BCUT2D eigenvalue weighted by Crippen LogP contribution is 2.30. The number of nitrogens with two attached hydrogens (primary N) is 1. The lowest BCUT2D eigenvalue weighted by atomic mass is 9.92. The molecule has 3 aromatic rings. The van der Waals surface area contributed by atoms with Crippen molar-refractivity contribution in [2.45, 2.75) is 32.2 Å². The number of nitrogens with zero attached hydrogens (tertiary/aromatic N) is 1. The Labute approximate surface area is 188 Å². The van der Waals surface area contributed by atoms with Gasteiger partial charge in [0.25, 0.3) is 0 Å². The molecular formula is C25H31FN4O2. The molecule has 32 heavy (non-hydrogen) atoms. The van der Waals surface area contributed by atoms with Gasteiger partial charge in [-0.2, -0.15) is 0 Å². The summed E-state index contributed by atoms with van der Waals surface area (Å²) in [6, 6.07) is 14.8. The fourth-order valence-electron chi connectivity index (χ4n) is 3.61. The van der Waals surface area contributed by atoms with Crippen molar-refractivity contribution in [2.75, 3.05) is 19.6 Å². The lowest BCUT2D eigenvalue weighted by Crippen LogP contribution is -2.30. The summed E-state index contributed by atoms with van der Waals surface area (Å²) in [6.45, 7) is 4.65. The summed E-state index contributed by atoms with van der Waals surface area (Å²) in [4.78, 5) is 3.75. The van der Waals surface area contributed by atoms with E-state index in [1.165, 1.54) is 6.20 Å². The number of aromatic nitrogens is 1. The molecule has 0 aliphatic carbocycles. The highest BCUT2D eigenvalue weighted by molar-refractivity contribution is 5.69. The number of aliphatic hydroxyl groups excluding tert-OH is 2. The van der Waals surface area contributed by atoms with Crippen molar-refractivity contribution in [3.8, 4) is 11.1 Å². The zero-order valence-corrected chi connectivity index (χ0v) is 18.3. The number of rotatable bonds is 11. The number of halogens is 1. The molecule has 2 aromatic carbocycles. The molecule has 3 rings (SSSR count). The second-order valence-electron chi connectivity index (χ2n) is 7.64. The quantitative estimate of drug-likeness (QED) is 0.233. The van der Waals surface area contributed by atoms with E-state index in [4.69, 9.17) is 5.73 Å². The van der Waals surface area contributed by atoms with Crippen LogP contribution in [-0.4, -0.2) is 34.8 Å². The SMILES string of the molecule is CCNCCNC(O)c1cccc(-c2cc(C(O)Cc3ccncc3F)ccc2CN)c1. The van der Waals surface area contributed by atoms with Crippen LogP contribution < -0.4 is 16.4 Å². The van der Waals surface area contributed by atoms with Crippen molar-refractivity contribution in [1.82, 2.24) is 15.6 Å². The number of pyridine rings is 1. The molecule has 6 N–H and O–H groups in total. The molecule has 0 radical (unpaired) electrons. The maximum atomic E-state index is 14.0. The Bertz CT molecular complexity index is 1010. The second-order valence-corrected chi connectivity index (χ2v) is 7.64. The van der Waals surface area contributed by atoms with Gasteiger partial charge in [0.1, 0.15) is 12.0 Å². The number of benzene rings is 2. The van der Waals surface area contributed by atoms with E-state index >= 15 is 0 Å². The molecule has 7 heteroatoms. The predicted molar refractivity (Wildman–Crippen MR) is 124 cm³/mol. The number of hydrogen-bond donors (Lipinski definition) is 5. The van der Waals surface area contributed by atoms with E-state index in [1.54, 1.807) is 6.07 Å². The standard InChI is InChI=1S/C25H31FN4O2/c1-2-28-10-11-30-25(32)20-5-3-4-17(12-20)22-13-19(6-7-21(22)15-27)24(31)14-18-8-9-29-16-23(18)26/h3-9,12-13,16,24-25,28,30-32H,2,10-11,14-15,27H2,1H3. The lowest BCUT2D eigenvalue weighted by molar-refractivity contribution is 0.140. The maximum absolute atomic E-state index is 14.0. The van der Waals surface area contributed by atoms with Crippen LogP contribution in [0.1, 0.15) is 41.5 Å². The molecule has 0 bridgehead atoms. The van der Waals surface area contributed by atoms with E-state index in [-0.39, 0.29) is 6.42 Å². The van der Waals surface area contributed by atoms with Gasteiger partial charge in [0.2, 0.25) is 0 Å². The first-order chi connectivity index (χ1) is 15.5. The van der Waals surface area contributed by atoms with Crippen LogP contribution in [0.25, 0.3) is 11.1 Å². The first-order valence-electron chi connectivity index (χ1n) is 10.8. The third-order valence-corrected chi connectivity index (χ3v) is 5.41. The van der Waals surface area contributed by atoms with Crippen LogP contribution in [-0.2, 0) is 13.0 Å². The van der Waals surface area contributed by atoms with E-state index in [9.17, 15) is 14.6 Å². The van der Waals surface area contributed by atoms with Crippen molar-refractivity contribution in [2.24, 2.45) is 5.73 Å². The van der Waals surface area contributed by atoms with Crippen LogP contribution in [0.5, 0.6) is 0 Å². The molecule has 6 nitrogen and oxygen atoms in total. The van der Waals surface area contributed by atoms with Crippen molar-refractivity contribution in [3.05, 3.63) is 89.0 Å². The number of nitrogens with one attached hydrogen (secondary N) is 2. The highest BCUT2D eigenvalue weighted by atomic mass is 19.1. The third kappa shape index (κ3) is 6.18. The minimum Gasteiger partial charge on any atom is -0.388 e. The number of hydrogen-bond acceptors (Lipinski definition) is 6. The Morgan fingerprint density at radius 1 is 1.03 bits per heavy atom. The van der Waals surface area contributed by atoms with Crippen LogP contribution in [0.3, 0.4) is 0 Å². The van der Waals surface area contributed by atoms with E-state index in [0.29, 0.717) is 24.2 Å². The molecule has 0 saturated carbocycles. The summed E-state index contributed by atoms with van der Waals surface area (Å²) >= 11 is 0. The molecule has 2 unspecified atom stereocenters. The summed E-state index contributed by atoms with van der Waals surface area (Å²) in [6.07, 6.45) is 1.13. The number of aliphatic hydroxyl groups is 2. The molecule has 0 saturated heterocycles. The van der Waals surface area contributed by atoms with Crippen LogP contribution in [0.4, 0.5) is 4.39 Å². The Balaban J connectivity index is 1.83. The van der Waals surface area contributed by atoms with Crippen molar-refractivity contribution >= 4 is 0 Å². The molecule has 0 spiro atoms. The van der Waals surface area contributed by atoms with Gasteiger partial charge < -0.3 is 21.3 Å². The van der Waals surface area contributed by atoms with E-state index in [0.717, 1.165) is 41.5 Å². The fraction of sp³-hybridized carbons (Fsp3) is 0.320. The maximum Gasteiger partial charge on any atom is 0.144 e. The lowest BCUT2D eigenvalue weighted by Gasteiger charge is -2.18. The first kappa shape index (κ1) is 24.0. The Kier molecular flexibility index (Phi) is 8.84. The predicted octanol–water partition coefficient (Wildman–Crippen LogP) is 2.81. The van der Waals surface area contributed by atoms with Gasteiger partial charge in [0.15, 0.2) is 0 Å². The fourth-order valence-corrected chi connectivity index (χ4v) is 3.61. The Morgan fingerprint density at radius 3 is 2.62 bits per heavy atom. The molecule has 2 atom stereocenters. The molecule has 0 aliphatic heterocycles.